The second-order valence-corrected chi connectivity index (χ2v) is 5.30. The number of nitrogens with zero attached hydrogens (tertiary/aromatic N) is 1. The van der Waals surface area contributed by atoms with Crippen molar-refractivity contribution < 1.29 is 14.3 Å². The van der Waals surface area contributed by atoms with E-state index in [2.05, 4.69) is 10.3 Å². The summed E-state index contributed by atoms with van der Waals surface area (Å²) in [5.41, 5.74) is 0.912. The van der Waals surface area contributed by atoms with E-state index < -0.39 is 0 Å². The Balaban J connectivity index is 1.71. The molecule has 2 rings (SSSR count). The molecule has 1 amide bonds. The predicted molar refractivity (Wildman–Crippen MR) is 83.2 cm³/mol. The third-order valence-corrected chi connectivity index (χ3v) is 3.62. The molecule has 0 unspecified atom stereocenters. The molecule has 21 heavy (non-hydrogen) atoms. The van der Waals surface area contributed by atoms with E-state index in [4.69, 9.17) is 9.47 Å². The van der Waals surface area contributed by atoms with Crippen LogP contribution in [0.25, 0.3) is 0 Å². The number of methoxy groups -OCH3 is 1. The number of amides is 1. The first-order valence-electron chi connectivity index (χ1n) is 6.67. The van der Waals surface area contributed by atoms with Crippen LogP contribution < -0.4 is 14.8 Å². The molecule has 0 aliphatic rings. The number of anilines is 1. The van der Waals surface area contributed by atoms with Gasteiger partial charge in [0.25, 0.3) is 0 Å². The molecular weight excluding hydrogens is 288 g/mol. The van der Waals surface area contributed by atoms with Crippen LogP contribution in [-0.4, -0.2) is 24.6 Å². The number of rotatable bonds is 7. The number of nitrogens with one attached hydrogen (secondary N) is 1. The maximum Gasteiger partial charge on any atom is 0.226 e. The Morgan fingerprint density at radius 2 is 2.10 bits per heavy atom. The van der Waals surface area contributed by atoms with Gasteiger partial charge in [0.15, 0.2) is 16.6 Å². The summed E-state index contributed by atoms with van der Waals surface area (Å²) in [6.07, 6.45) is 1.03. The first kappa shape index (κ1) is 15.3. The number of carbonyl (C=O) groups excluding carboxylic acids is 1. The van der Waals surface area contributed by atoms with Crippen molar-refractivity contribution in [1.82, 2.24) is 4.98 Å². The van der Waals surface area contributed by atoms with Gasteiger partial charge in [-0.05, 0) is 25.5 Å². The fourth-order valence-corrected chi connectivity index (χ4v) is 2.45. The highest BCUT2D eigenvalue weighted by Crippen LogP contribution is 2.25. The molecule has 1 N–H and O–H groups in total. The Morgan fingerprint density at radius 3 is 2.76 bits per heavy atom. The molecule has 0 saturated heterocycles. The molecular formula is C15H18N2O3S. The highest BCUT2D eigenvalue weighted by atomic mass is 32.1. The minimum atomic E-state index is -0.0482. The number of hydrogen-bond donors (Lipinski definition) is 1. The molecule has 0 aliphatic heterocycles. The smallest absolute Gasteiger partial charge is 0.226 e. The Labute approximate surface area is 127 Å². The van der Waals surface area contributed by atoms with E-state index in [1.54, 1.807) is 7.11 Å². The zero-order valence-corrected chi connectivity index (χ0v) is 12.9. The topological polar surface area (TPSA) is 60.5 Å². The molecule has 0 radical (unpaired) electrons. The lowest BCUT2D eigenvalue weighted by Gasteiger charge is -2.09. The molecule has 0 bridgehead atoms. The quantitative estimate of drug-likeness (QED) is 0.798. The Hall–Kier alpha value is -2.08. The van der Waals surface area contributed by atoms with Crippen molar-refractivity contribution >= 4 is 22.4 Å². The largest absolute Gasteiger partial charge is 0.493 e. The third kappa shape index (κ3) is 4.75. The zero-order chi connectivity index (χ0) is 15.1. The van der Waals surface area contributed by atoms with Crippen molar-refractivity contribution in [2.45, 2.75) is 19.8 Å². The summed E-state index contributed by atoms with van der Waals surface area (Å²) in [6, 6.07) is 7.45. The van der Waals surface area contributed by atoms with Crippen molar-refractivity contribution in [2.24, 2.45) is 0 Å². The van der Waals surface area contributed by atoms with Gasteiger partial charge in [-0.1, -0.05) is 12.1 Å². The standard InChI is InChI=1S/C15H18N2O3S/c1-11-10-21-15(16-11)17-14(18)8-5-9-20-13-7-4-3-6-12(13)19-2/h3-4,6-7,10H,5,8-9H2,1-2H3,(H,16,17,18). The van der Waals surface area contributed by atoms with Crippen molar-refractivity contribution in [3.05, 3.63) is 35.3 Å². The second kappa shape index (κ2) is 7.64. The summed E-state index contributed by atoms with van der Waals surface area (Å²) in [5.74, 6) is 1.34. The van der Waals surface area contributed by atoms with Crippen molar-refractivity contribution in [1.29, 1.82) is 0 Å². The number of para-hydroxylation sites is 2. The highest BCUT2D eigenvalue weighted by Gasteiger charge is 2.06. The van der Waals surface area contributed by atoms with E-state index in [0.29, 0.717) is 36.1 Å². The molecule has 0 aliphatic carbocycles. The Bertz CT molecular complexity index is 598. The summed E-state index contributed by atoms with van der Waals surface area (Å²) < 4.78 is 10.8. The van der Waals surface area contributed by atoms with Crippen LogP contribution in [0.1, 0.15) is 18.5 Å². The van der Waals surface area contributed by atoms with E-state index in [1.165, 1.54) is 11.3 Å². The van der Waals surface area contributed by atoms with Crippen molar-refractivity contribution in [3.8, 4) is 11.5 Å². The molecule has 1 heterocycles. The van der Waals surface area contributed by atoms with Gasteiger partial charge in [0.2, 0.25) is 5.91 Å². The summed E-state index contributed by atoms with van der Waals surface area (Å²) in [7, 11) is 1.60. The van der Waals surface area contributed by atoms with Gasteiger partial charge in [-0.2, -0.15) is 0 Å². The van der Waals surface area contributed by atoms with Gasteiger partial charge in [-0.25, -0.2) is 4.98 Å². The molecule has 0 saturated carbocycles. The molecule has 0 fully saturated rings. The van der Waals surface area contributed by atoms with Gasteiger partial charge in [-0.3, -0.25) is 4.79 Å². The first-order chi connectivity index (χ1) is 10.2. The van der Waals surface area contributed by atoms with Crippen LogP contribution in [0.5, 0.6) is 11.5 Å². The van der Waals surface area contributed by atoms with Crippen molar-refractivity contribution in [3.63, 3.8) is 0 Å². The maximum atomic E-state index is 11.7. The zero-order valence-electron chi connectivity index (χ0n) is 12.1. The summed E-state index contributed by atoms with van der Waals surface area (Å²) in [6.45, 7) is 2.36. The molecule has 1 aromatic heterocycles. The van der Waals surface area contributed by atoms with Crippen LogP contribution in [0, 0.1) is 6.92 Å². The van der Waals surface area contributed by atoms with Gasteiger partial charge >= 0.3 is 0 Å². The number of carbonyl (C=O) groups is 1. The van der Waals surface area contributed by atoms with Crippen LogP contribution in [0.15, 0.2) is 29.6 Å². The van der Waals surface area contributed by atoms with E-state index in [9.17, 15) is 4.79 Å². The van der Waals surface area contributed by atoms with Crippen LogP contribution >= 0.6 is 11.3 Å². The number of benzene rings is 1. The van der Waals surface area contributed by atoms with Gasteiger partial charge < -0.3 is 14.8 Å². The highest BCUT2D eigenvalue weighted by molar-refractivity contribution is 7.13. The van der Waals surface area contributed by atoms with Crippen molar-refractivity contribution in [2.75, 3.05) is 19.0 Å². The van der Waals surface area contributed by atoms with Gasteiger partial charge in [-0.15, -0.1) is 11.3 Å². The first-order valence-corrected chi connectivity index (χ1v) is 7.55. The van der Waals surface area contributed by atoms with Gasteiger partial charge in [0.05, 0.1) is 19.4 Å². The Kier molecular flexibility index (Phi) is 5.57. The number of ether oxygens (including phenoxy) is 2. The van der Waals surface area contributed by atoms with E-state index in [1.807, 2.05) is 36.6 Å². The number of aromatic nitrogens is 1. The van der Waals surface area contributed by atoms with Crippen LogP contribution in [0.4, 0.5) is 5.13 Å². The SMILES string of the molecule is COc1ccccc1OCCCC(=O)Nc1nc(C)cs1. The van der Waals surface area contributed by atoms with E-state index in [0.717, 1.165) is 5.69 Å². The normalized spacial score (nSPS) is 10.2. The number of thiazole rings is 1. The lowest BCUT2D eigenvalue weighted by molar-refractivity contribution is -0.116. The van der Waals surface area contributed by atoms with Crippen LogP contribution in [0.3, 0.4) is 0 Å². The molecule has 2 aromatic rings. The fourth-order valence-electron chi connectivity index (χ4n) is 1.75. The average Bonchev–Trinajstić information content (AvgIpc) is 2.89. The molecule has 1 aromatic carbocycles. The number of aryl methyl sites for hydroxylation is 1. The maximum absolute atomic E-state index is 11.7. The lowest BCUT2D eigenvalue weighted by Crippen LogP contribution is -2.12. The molecule has 0 atom stereocenters. The minimum Gasteiger partial charge on any atom is -0.493 e. The van der Waals surface area contributed by atoms with Gasteiger partial charge in [0.1, 0.15) is 0 Å². The van der Waals surface area contributed by atoms with Crippen LogP contribution in [0.2, 0.25) is 0 Å². The third-order valence-electron chi connectivity index (χ3n) is 2.74. The molecule has 0 spiro atoms. The summed E-state index contributed by atoms with van der Waals surface area (Å²) >= 11 is 1.43. The van der Waals surface area contributed by atoms with Gasteiger partial charge in [0, 0.05) is 11.8 Å². The fraction of sp³-hybridized carbons (Fsp3) is 0.333. The predicted octanol–water partition coefficient (Wildman–Crippen LogP) is 3.26. The molecule has 6 heteroatoms. The Morgan fingerprint density at radius 1 is 1.33 bits per heavy atom. The monoisotopic (exact) mass is 306 g/mol. The van der Waals surface area contributed by atoms with Crippen LogP contribution in [-0.2, 0) is 4.79 Å². The second-order valence-electron chi connectivity index (χ2n) is 4.45. The molecule has 112 valence electrons. The summed E-state index contributed by atoms with van der Waals surface area (Å²) in [5, 5.41) is 5.32. The van der Waals surface area contributed by atoms with E-state index in [-0.39, 0.29) is 5.91 Å². The number of hydrogen-bond acceptors (Lipinski definition) is 5. The minimum absolute atomic E-state index is 0.0482. The molecule has 5 nitrogen and oxygen atoms in total. The lowest BCUT2D eigenvalue weighted by atomic mass is 10.3. The van der Waals surface area contributed by atoms with E-state index >= 15 is 0 Å². The average molecular weight is 306 g/mol. The summed E-state index contributed by atoms with van der Waals surface area (Å²) in [4.78, 5) is 15.9.